The van der Waals surface area contributed by atoms with Crippen LogP contribution in [0, 0.1) is 5.41 Å². The Hall–Kier alpha value is -0.500. The lowest BCUT2D eigenvalue weighted by atomic mass is 9.94. The highest BCUT2D eigenvalue weighted by Crippen LogP contribution is 2.23. The smallest absolute Gasteiger partial charge is 0.244 e. The minimum absolute atomic E-state index is 0.202. The predicted molar refractivity (Wildman–Crippen MR) is 83.8 cm³/mol. The molecule has 0 amide bonds. The molecule has 0 saturated heterocycles. The number of pyridine rings is 1. The molecule has 5 nitrogen and oxygen atoms in total. The zero-order valence-electron chi connectivity index (χ0n) is 12.1. The number of rotatable bonds is 7. The molecule has 0 bridgehead atoms. The fraction of sp³-hybridized carbons (Fsp3) is 0.615. The van der Waals surface area contributed by atoms with Gasteiger partial charge in [0.2, 0.25) is 10.0 Å². The Morgan fingerprint density at radius 1 is 1.40 bits per heavy atom. The van der Waals surface area contributed by atoms with Gasteiger partial charge in [0.05, 0.1) is 0 Å². The third-order valence-electron chi connectivity index (χ3n) is 2.95. The van der Waals surface area contributed by atoms with Crippen molar-refractivity contribution in [2.75, 3.05) is 19.6 Å². The highest BCUT2D eigenvalue weighted by molar-refractivity contribution is 9.10. The van der Waals surface area contributed by atoms with Crippen LogP contribution in [-0.4, -0.2) is 37.3 Å². The first-order chi connectivity index (χ1) is 9.23. The van der Waals surface area contributed by atoms with E-state index in [0.29, 0.717) is 24.1 Å². The third-order valence-corrected chi connectivity index (χ3v) is 5.19. The van der Waals surface area contributed by atoms with Crippen LogP contribution in [-0.2, 0) is 10.0 Å². The third kappa shape index (κ3) is 4.51. The number of halogens is 1. The molecule has 0 fully saturated rings. The van der Waals surface area contributed by atoms with E-state index in [1.807, 2.05) is 20.8 Å². The summed E-state index contributed by atoms with van der Waals surface area (Å²) in [7, 11) is -3.54. The Kier molecular flexibility index (Phi) is 6.12. The van der Waals surface area contributed by atoms with Crippen molar-refractivity contribution in [1.82, 2.24) is 9.29 Å². The van der Waals surface area contributed by atoms with Gasteiger partial charge in [0.25, 0.3) is 0 Å². The second-order valence-corrected chi connectivity index (χ2v) is 8.40. The van der Waals surface area contributed by atoms with Crippen LogP contribution in [0.3, 0.4) is 0 Å². The molecule has 7 heteroatoms. The molecule has 0 aliphatic carbocycles. The van der Waals surface area contributed by atoms with E-state index in [2.05, 4.69) is 20.9 Å². The maximum absolute atomic E-state index is 12.7. The molecule has 0 radical (unpaired) electrons. The minimum atomic E-state index is -3.54. The number of nitrogens with two attached hydrogens (primary N) is 1. The number of aromatic nitrogens is 1. The van der Waals surface area contributed by atoms with Crippen LogP contribution >= 0.6 is 15.9 Å². The number of sulfonamides is 1. The van der Waals surface area contributed by atoms with Gasteiger partial charge >= 0.3 is 0 Å². The lowest BCUT2D eigenvalue weighted by Crippen LogP contribution is -2.42. The molecule has 1 rings (SSSR count). The van der Waals surface area contributed by atoms with E-state index in [-0.39, 0.29) is 10.3 Å². The van der Waals surface area contributed by atoms with Gasteiger partial charge in [-0.25, -0.2) is 8.42 Å². The first-order valence-corrected chi connectivity index (χ1v) is 8.77. The summed E-state index contributed by atoms with van der Waals surface area (Å²) in [6.45, 7) is 7.18. The monoisotopic (exact) mass is 363 g/mol. The summed E-state index contributed by atoms with van der Waals surface area (Å²) in [5.41, 5.74) is 5.45. The number of hydrogen-bond donors (Lipinski definition) is 1. The van der Waals surface area contributed by atoms with Crippen molar-refractivity contribution in [2.24, 2.45) is 11.1 Å². The van der Waals surface area contributed by atoms with Crippen molar-refractivity contribution in [2.45, 2.75) is 32.1 Å². The van der Waals surface area contributed by atoms with E-state index in [1.54, 1.807) is 12.3 Å². The molecule has 0 aromatic carbocycles. The van der Waals surface area contributed by atoms with E-state index in [4.69, 9.17) is 5.73 Å². The van der Waals surface area contributed by atoms with Crippen LogP contribution in [0.5, 0.6) is 0 Å². The van der Waals surface area contributed by atoms with E-state index < -0.39 is 10.0 Å². The van der Waals surface area contributed by atoms with Gasteiger partial charge in [-0.05, 0) is 40.4 Å². The Labute approximate surface area is 129 Å². The topological polar surface area (TPSA) is 76.3 Å². The van der Waals surface area contributed by atoms with Crippen molar-refractivity contribution in [3.05, 3.63) is 22.9 Å². The molecule has 114 valence electrons. The average Bonchev–Trinajstić information content (AvgIpc) is 2.38. The van der Waals surface area contributed by atoms with E-state index in [9.17, 15) is 8.42 Å². The summed E-state index contributed by atoms with van der Waals surface area (Å²) in [4.78, 5) is 4.13. The van der Waals surface area contributed by atoms with Crippen LogP contribution in [0.4, 0.5) is 0 Å². The van der Waals surface area contributed by atoms with E-state index in [1.165, 1.54) is 10.5 Å². The molecule has 0 unspecified atom stereocenters. The summed E-state index contributed by atoms with van der Waals surface area (Å²) in [6.07, 6.45) is 3.69. The van der Waals surface area contributed by atoms with E-state index >= 15 is 0 Å². The Bertz CT molecular complexity index is 546. The predicted octanol–water partition coefficient (Wildman–Crippen LogP) is 2.23. The molecule has 1 aromatic rings. The molecule has 0 aliphatic heterocycles. The first kappa shape index (κ1) is 17.6. The molecule has 20 heavy (non-hydrogen) atoms. The van der Waals surface area contributed by atoms with Crippen molar-refractivity contribution >= 4 is 26.0 Å². The standard InChI is InChI=1S/C13H22BrN3O2S/c1-4-5-17(10-13(2,3)9-15)20(18,19)12-6-11(14)7-16-8-12/h6-8H,4-5,9-10,15H2,1-3H3. The Morgan fingerprint density at radius 3 is 2.55 bits per heavy atom. The highest BCUT2D eigenvalue weighted by Gasteiger charge is 2.29. The quantitative estimate of drug-likeness (QED) is 0.805. The second-order valence-electron chi connectivity index (χ2n) is 5.55. The van der Waals surface area contributed by atoms with Crippen LogP contribution < -0.4 is 5.73 Å². The zero-order valence-corrected chi connectivity index (χ0v) is 14.5. The van der Waals surface area contributed by atoms with Crippen molar-refractivity contribution in [3.63, 3.8) is 0 Å². The Morgan fingerprint density at radius 2 is 2.05 bits per heavy atom. The van der Waals surface area contributed by atoms with Gasteiger partial charge in [0, 0.05) is 30.0 Å². The largest absolute Gasteiger partial charge is 0.330 e. The fourth-order valence-corrected chi connectivity index (χ4v) is 3.98. The molecule has 0 aliphatic rings. The summed E-state index contributed by atoms with van der Waals surface area (Å²) < 4.78 is 27.5. The molecule has 0 spiro atoms. The average molecular weight is 364 g/mol. The maximum Gasteiger partial charge on any atom is 0.244 e. The van der Waals surface area contributed by atoms with Crippen LogP contribution in [0.1, 0.15) is 27.2 Å². The number of hydrogen-bond acceptors (Lipinski definition) is 4. The van der Waals surface area contributed by atoms with Gasteiger partial charge in [-0.3, -0.25) is 4.98 Å². The van der Waals surface area contributed by atoms with Crippen LogP contribution in [0.2, 0.25) is 0 Å². The summed E-state index contributed by atoms with van der Waals surface area (Å²) >= 11 is 3.25. The summed E-state index contributed by atoms with van der Waals surface area (Å²) in [5, 5.41) is 0. The lowest BCUT2D eigenvalue weighted by molar-refractivity contribution is 0.266. The van der Waals surface area contributed by atoms with Gasteiger partial charge in [0.1, 0.15) is 4.90 Å². The summed E-state index contributed by atoms with van der Waals surface area (Å²) in [6, 6.07) is 1.57. The second kappa shape index (κ2) is 6.98. The first-order valence-electron chi connectivity index (χ1n) is 6.54. The normalized spacial score (nSPS) is 12.9. The molecule has 0 atom stereocenters. The van der Waals surface area contributed by atoms with Crippen LogP contribution in [0.25, 0.3) is 0 Å². The van der Waals surface area contributed by atoms with Gasteiger partial charge < -0.3 is 5.73 Å². The van der Waals surface area contributed by atoms with Gasteiger partial charge in [0.15, 0.2) is 0 Å². The fourth-order valence-electron chi connectivity index (χ4n) is 1.76. The van der Waals surface area contributed by atoms with Crippen LogP contribution in [0.15, 0.2) is 27.8 Å². The molecule has 1 heterocycles. The maximum atomic E-state index is 12.7. The number of nitrogens with zero attached hydrogens (tertiary/aromatic N) is 2. The van der Waals surface area contributed by atoms with E-state index in [0.717, 1.165) is 6.42 Å². The minimum Gasteiger partial charge on any atom is -0.330 e. The SMILES string of the molecule is CCCN(CC(C)(C)CN)S(=O)(=O)c1cncc(Br)c1. The van der Waals surface area contributed by atoms with Crippen molar-refractivity contribution < 1.29 is 8.42 Å². The highest BCUT2D eigenvalue weighted by atomic mass is 79.9. The lowest BCUT2D eigenvalue weighted by Gasteiger charge is -2.30. The Balaban J connectivity index is 3.12. The van der Waals surface area contributed by atoms with Gasteiger partial charge in [-0.15, -0.1) is 0 Å². The van der Waals surface area contributed by atoms with Gasteiger partial charge in [-0.1, -0.05) is 20.8 Å². The molecular weight excluding hydrogens is 342 g/mol. The van der Waals surface area contributed by atoms with Crippen molar-refractivity contribution in [1.29, 1.82) is 0 Å². The molecular formula is C13H22BrN3O2S. The van der Waals surface area contributed by atoms with Crippen molar-refractivity contribution in [3.8, 4) is 0 Å². The molecule has 1 aromatic heterocycles. The molecule has 2 N–H and O–H groups in total. The van der Waals surface area contributed by atoms with Gasteiger partial charge in [-0.2, -0.15) is 4.31 Å². The molecule has 0 saturated carbocycles. The summed E-state index contributed by atoms with van der Waals surface area (Å²) in [5.74, 6) is 0. The zero-order chi connectivity index (χ0) is 15.4.